The minimum absolute atomic E-state index is 0.0216. The highest BCUT2D eigenvalue weighted by molar-refractivity contribution is 5.94. The summed E-state index contributed by atoms with van der Waals surface area (Å²) in [4.78, 5) is 23.9. The van der Waals surface area contributed by atoms with Gasteiger partial charge in [-0.05, 0) is 61.7 Å². The lowest BCUT2D eigenvalue weighted by molar-refractivity contribution is -0.124. The third-order valence-electron chi connectivity index (χ3n) is 3.93. The molecule has 2 aromatic carbocycles. The fourth-order valence-electron chi connectivity index (χ4n) is 2.43. The molecule has 0 saturated heterocycles. The predicted molar refractivity (Wildman–Crippen MR) is 109 cm³/mol. The van der Waals surface area contributed by atoms with E-state index in [0.29, 0.717) is 17.9 Å². The van der Waals surface area contributed by atoms with Gasteiger partial charge in [-0.1, -0.05) is 12.1 Å². The van der Waals surface area contributed by atoms with Gasteiger partial charge in [0.05, 0.1) is 12.8 Å². The summed E-state index contributed by atoms with van der Waals surface area (Å²) in [6.45, 7) is 6.11. The van der Waals surface area contributed by atoms with Crippen molar-refractivity contribution in [1.82, 2.24) is 5.43 Å². The highest BCUT2D eigenvalue weighted by atomic mass is 16.5. The van der Waals surface area contributed by atoms with E-state index in [1.165, 1.54) is 12.3 Å². The van der Waals surface area contributed by atoms with Crippen LogP contribution in [0, 0.1) is 13.8 Å². The summed E-state index contributed by atoms with van der Waals surface area (Å²) in [6.07, 6.45) is 1.52. The monoisotopic (exact) mass is 383 g/mol. The molecule has 0 radical (unpaired) electrons. The Labute approximate surface area is 164 Å². The SMILES string of the molecule is CCOc1cc(/C=N/NC(=O)CCC(=O)Nc2cc(C)ccc2C)ccc1O. The number of carbonyl (C=O) groups excluding carboxylic acids is 2. The van der Waals surface area contributed by atoms with E-state index in [-0.39, 0.29) is 30.4 Å². The first-order valence-corrected chi connectivity index (χ1v) is 9.04. The molecule has 0 aromatic heterocycles. The van der Waals surface area contributed by atoms with Crippen molar-refractivity contribution >= 4 is 23.7 Å². The summed E-state index contributed by atoms with van der Waals surface area (Å²) in [6, 6.07) is 10.6. The van der Waals surface area contributed by atoms with Crippen molar-refractivity contribution in [3.8, 4) is 11.5 Å². The molecule has 0 aliphatic carbocycles. The van der Waals surface area contributed by atoms with E-state index in [2.05, 4.69) is 15.8 Å². The first-order chi connectivity index (χ1) is 13.4. The number of benzene rings is 2. The van der Waals surface area contributed by atoms with Gasteiger partial charge in [0.2, 0.25) is 11.8 Å². The van der Waals surface area contributed by atoms with Gasteiger partial charge < -0.3 is 15.2 Å². The maximum Gasteiger partial charge on any atom is 0.240 e. The van der Waals surface area contributed by atoms with Crippen molar-refractivity contribution in [3.63, 3.8) is 0 Å². The number of aryl methyl sites for hydroxylation is 2. The highest BCUT2D eigenvalue weighted by Gasteiger charge is 2.08. The summed E-state index contributed by atoms with van der Waals surface area (Å²) in [5.74, 6) is -0.206. The van der Waals surface area contributed by atoms with E-state index in [1.807, 2.05) is 39.0 Å². The number of hydrogen-bond acceptors (Lipinski definition) is 5. The largest absolute Gasteiger partial charge is 0.504 e. The predicted octanol–water partition coefficient (Wildman–Crippen LogP) is 3.28. The second-order valence-electron chi connectivity index (χ2n) is 6.32. The molecular formula is C21H25N3O4. The number of nitrogens with zero attached hydrogens (tertiary/aromatic N) is 1. The molecule has 0 saturated carbocycles. The van der Waals surface area contributed by atoms with Crippen LogP contribution in [0.25, 0.3) is 0 Å². The molecule has 7 heteroatoms. The fraction of sp³-hybridized carbons (Fsp3) is 0.286. The summed E-state index contributed by atoms with van der Waals surface area (Å²) < 4.78 is 5.29. The number of ether oxygens (including phenoxy) is 1. The smallest absolute Gasteiger partial charge is 0.240 e. The molecule has 148 valence electrons. The third kappa shape index (κ3) is 6.42. The molecule has 0 unspecified atom stereocenters. The summed E-state index contributed by atoms with van der Waals surface area (Å²) >= 11 is 0. The van der Waals surface area contributed by atoms with Crippen LogP contribution in [-0.2, 0) is 9.59 Å². The van der Waals surface area contributed by atoms with Crippen LogP contribution in [0.1, 0.15) is 36.5 Å². The molecule has 0 spiro atoms. The number of hydrazone groups is 1. The van der Waals surface area contributed by atoms with Crippen molar-refractivity contribution in [2.45, 2.75) is 33.6 Å². The van der Waals surface area contributed by atoms with E-state index in [0.717, 1.165) is 16.8 Å². The van der Waals surface area contributed by atoms with Crippen molar-refractivity contribution in [3.05, 3.63) is 53.1 Å². The molecule has 0 heterocycles. The molecule has 2 rings (SSSR count). The van der Waals surface area contributed by atoms with Crippen molar-refractivity contribution < 1.29 is 19.4 Å². The zero-order chi connectivity index (χ0) is 20.5. The van der Waals surface area contributed by atoms with Crippen LogP contribution >= 0.6 is 0 Å². The summed E-state index contributed by atoms with van der Waals surface area (Å²) in [5.41, 5.74) is 5.81. The minimum atomic E-state index is -0.365. The third-order valence-corrected chi connectivity index (χ3v) is 3.93. The molecule has 0 bridgehead atoms. The number of nitrogens with one attached hydrogen (secondary N) is 2. The van der Waals surface area contributed by atoms with Crippen LogP contribution in [0.15, 0.2) is 41.5 Å². The number of aromatic hydroxyl groups is 1. The van der Waals surface area contributed by atoms with Gasteiger partial charge in [0, 0.05) is 18.5 Å². The average Bonchev–Trinajstić information content (AvgIpc) is 2.66. The van der Waals surface area contributed by atoms with Crippen LogP contribution in [-0.4, -0.2) is 29.7 Å². The molecular weight excluding hydrogens is 358 g/mol. The minimum Gasteiger partial charge on any atom is -0.504 e. The maximum absolute atomic E-state index is 12.0. The Kier molecular flexibility index (Phi) is 7.56. The molecule has 0 atom stereocenters. The Balaban J connectivity index is 1.81. The normalized spacial score (nSPS) is 10.7. The van der Waals surface area contributed by atoms with Crippen LogP contribution in [0.3, 0.4) is 0 Å². The summed E-state index contributed by atoms with van der Waals surface area (Å²) in [7, 11) is 0. The van der Waals surface area contributed by atoms with Gasteiger partial charge >= 0.3 is 0 Å². The van der Waals surface area contributed by atoms with Gasteiger partial charge in [0.25, 0.3) is 0 Å². The molecule has 0 aliphatic heterocycles. The van der Waals surface area contributed by atoms with Crippen LogP contribution in [0.2, 0.25) is 0 Å². The fourth-order valence-corrected chi connectivity index (χ4v) is 2.43. The lowest BCUT2D eigenvalue weighted by Gasteiger charge is -2.09. The van der Waals surface area contributed by atoms with Gasteiger partial charge in [-0.3, -0.25) is 9.59 Å². The second kappa shape index (κ2) is 10.1. The van der Waals surface area contributed by atoms with Crippen LogP contribution in [0.5, 0.6) is 11.5 Å². The Morgan fingerprint density at radius 1 is 1.11 bits per heavy atom. The molecule has 0 fully saturated rings. The second-order valence-corrected chi connectivity index (χ2v) is 6.32. The first-order valence-electron chi connectivity index (χ1n) is 9.04. The number of phenolic OH excluding ortho intramolecular Hbond substituents is 1. The van der Waals surface area contributed by atoms with Crippen LogP contribution < -0.4 is 15.5 Å². The Bertz CT molecular complexity index is 878. The molecule has 2 amide bonds. The van der Waals surface area contributed by atoms with Gasteiger partial charge in [-0.25, -0.2) is 5.43 Å². The Hall–Kier alpha value is -3.35. The number of phenols is 1. The van der Waals surface area contributed by atoms with Gasteiger partial charge in [-0.15, -0.1) is 0 Å². The standard InChI is InChI=1S/C21H25N3O4/c1-4-28-19-12-16(7-8-18(19)25)13-22-24-21(27)10-9-20(26)23-17-11-14(2)5-6-15(17)3/h5-8,11-13,25H,4,9-10H2,1-3H3,(H,23,26)(H,24,27)/b22-13+. The van der Waals surface area contributed by atoms with Crippen molar-refractivity contribution in [2.24, 2.45) is 5.10 Å². The van der Waals surface area contributed by atoms with E-state index in [4.69, 9.17) is 4.74 Å². The van der Waals surface area contributed by atoms with E-state index >= 15 is 0 Å². The number of carbonyl (C=O) groups is 2. The van der Waals surface area contributed by atoms with E-state index in [1.54, 1.807) is 12.1 Å². The zero-order valence-electron chi connectivity index (χ0n) is 16.3. The van der Waals surface area contributed by atoms with E-state index < -0.39 is 0 Å². The maximum atomic E-state index is 12.0. The Morgan fingerprint density at radius 3 is 2.61 bits per heavy atom. The van der Waals surface area contributed by atoms with Gasteiger partial charge in [-0.2, -0.15) is 5.10 Å². The van der Waals surface area contributed by atoms with Crippen LogP contribution in [0.4, 0.5) is 5.69 Å². The average molecular weight is 383 g/mol. The van der Waals surface area contributed by atoms with Gasteiger partial charge in [0.1, 0.15) is 0 Å². The lowest BCUT2D eigenvalue weighted by Crippen LogP contribution is -2.20. The topological polar surface area (TPSA) is 100 Å². The molecule has 0 aliphatic rings. The Morgan fingerprint density at radius 2 is 1.86 bits per heavy atom. The van der Waals surface area contributed by atoms with Gasteiger partial charge in [0.15, 0.2) is 11.5 Å². The van der Waals surface area contributed by atoms with Crippen molar-refractivity contribution in [1.29, 1.82) is 0 Å². The number of rotatable bonds is 8. The van der Waals surface area contributed by atoms with Crippen molar-refractivity contribution in [2.75, 3.05) is 11.9 Å². The molecule has 2 aromatic rings. The molecule has 28 heavy (non-hydrogen) atoms. The first kappa shape index (κ1) is 21.0. The number of hydrogen-bond donors (Lipinski definition) is 3. The lowest BCUT2D eigenvalue weighted by atomic mass is 10.1. The molecule has 3 N–H and O–H groups in total. The number of amides is 2. The van der Waals surface area contributed by atoms with E-state index in [9.17, 15) is 14.7 Å². The number of anilines is 1. The molecule has 7 nitrogen and oxygen atoms in total. The quantitative estimate of drug-likeness (QED) is 0.481. The highest BCUT2D eigenvalue weighted by Crippen LogP contribution is 2.26. The summed E-state index contributed by atoms with van der Waals surface area (Å²) in [5, 5.41) is 16.3. The zero-order valence-corrected chi connectivity index (χ0v) is 16.3.